The number of rotatable bonds is 12. The Kier molecular flexibility index (Phi) is 9.78. The molecule has 3 aromatic rings. The van der Waals surface area contributed by atoms with Gasteiger partial charge in [0.05, 0.1) is 24.1 Å². The Labute approximate surface area is 224 Å². The zero-order valence-corrected chi connectivity index (χ0v) is 22.4. The number of furan rings is 1. The molecule has 2 aromatic heterocycles. The Morgan fingerprint density at radius 2 is 1.95 bits per heavy atom. The molecular formula is C27H31N3O5S2. The first kappa shape index (κ1) is 26.9. The van der Waals surface area contributed by atoms with Crippen LogP contribution in [0, 0.1) is 0 Å². The van der Waals surface area contributed by atoms with Crippen LogP contribution in [0.1, 0.15) is 63.2 Å². The maximum atomic E-state index is 12.7. The van der Waals surface area contributed by atoms with Crippen LogP contribution in [0.4, 0.5) is 0 Å². The fourth-order valence-electron chi connectivity index (χ4n) is 4.15. The summed E-state index contributed by atoms with van der Waals surface area (Å²) in [5, 5.41) is 5.68. The zero-order valence-electron chi connectivity index (χ0n) is 20.8. The number of nitrogens with one attached hydrogen (secondary N) is 1. The average Bonchev–Trinajstić information content (AvgIpc) is 3.64. The number of piperidine rings is 1. The largest absolute Gasteiger partial charge is 0.497 e. The highest BCUT2D eigenvalue weighted by Gasteiger charge is 2.26. The summed E-state index contributed by atoms with van der Waals surface area (Å²) < 4.78 is 10.4. The van der Waals surface area contributed by atoms with Crippen LogP contribution in [0.3, 0.4) is 0 Å². The molecule has 0 atom stereocenters. The first-order chi connectivity index (χ1) is 18.0. The van der Waals surface area contributed by atoms with Crippen LogP contribution in [-0.2, 0) is 10.5 Å². The molecule has 1 N–H and O–H groups in total. The van der Waals surface area contributed by atoms with E-state index in [1.54, 1.807) is 49.4 Å². The number of likely N-dealkylation sites (tertiary alicyclic amines) is 1. The van der Waals surface area contributed by atoms with Gasteiger partial charge in [-0.05, 0) is 49.2 Å². The molecule has 0 spiro atoms. The number of hydrogen-bond acceptors (Lipinski definition) is 8. The molecule has 3 heterocycles. The van der Waals surface area contributed by atoms with Crippen molar-refractivity contribution in [1.29, 1.82) is 0 Å². The van der Waals surface area contributed by atoms with E-state index in [2.05, 4.69) is 10.3 Å². The maximum Gasteiger partial charge on any atom is 0.270 e. The summed E-state index contributed by atoms with van der Waals surface area (Å²) in [6.07, 6.45) is 3.66. The van der Waals surface area contributed by atoms with Crippen molar-refractivity contribution < 1.29 is 23.5 Å². The van der Waals surface area contributed by atoms with Crippen LogP contribution in [0.5, 0.6) is 5.75 Å². The lowest BCUT2D eigenvalue weighted by molar-refractivity contribution is -0.132. The molecule has 1 aromatic carbocycles. The summed E-state index contributed by atoms with van der Waals surface area (Å²) in [6, 6.07) is 10.7. The minimum Gasteiger partial charge on any atom is -0.497 e. The van der Waals surface area contributed by atoms with Gasteiger partial charge in [-0.15, -0.1) is 11.3 Å². The van der Waals surface area contributed by atoms with Gasteiger partial charge in [-0.2, -0.15) is 11.8 Å². The number of hydrogen-bond donors (Lipinski definition) is 1. The van der Waals surface area contributed by atoms with Gasteiger partial charge in [0.25, 0.3) is 5.91 Å². The predicted octanol–water partition coefficient (Wildman–Crippen LogP) is 4.78. The SMILES string of the molecule is COc1ccc(C(=O)CCC(=O)N2CCC(c3nc(C(=O)NCCSCc4ccco4)cs3)CC2)cc1. The van der Waals surface area contributed by atoms with Crippen LogP contribution < -0.4 is 10.1 Å². The van der Waals surface area contributed by atoms with E-state index < -0.39 is 0 Å². The lowest BCUT2D eigenvalue weighted by atomic mass is 9.97. The number of methoxy groups -OCH3 is 1. The zero-order chi connectivity index (χ0) is 26.0. The Morgan fingerprint density at radius 3 is 2.65 bits per heavy atom. The summed E-state index contributed by atoms with van der Waals surface area (Å²) in [6.45, 7) is 1.83. The third kappa shape index (κ3) is 7.69. The van der Waals surface area contributed by atoms with Crippen LogP contribution >= 0.6 is 23.1 Å². The van der Waals surface area contributed by atoms with Crippen molar-refractivity contribution in [3.8, 4) is 5.75 Å². The van der Waals surface area contributed by atoms with E-state index in [4.69, 9.17) is 9.15 Å². The molecule has 8 nitrogen and oxygen atoms in total. The van der Waals surface area contributed by atoms with Crippen LogP contribution in [0.2, 0.25) is 0 Å². The molecule has 1 fully saturated rings. The van der Waals surface area contributed by atoms with Crippen molar-refractivity contribution in [3.05, 3.63) is 70.1 Å². The summed E-state index contributed by atoms with van der Waals surface area (Å²) in [4.78, 5) is 43.9. The molecule has 0 saturated carbocycles. The lowest BCUT2D eigenvalue weighted by Crippen LogP contribution is -2.38. The number of benzene rings is 1. The smallest absolute Gasteiger partial charge is 0.270 e. The van der Waals surface area contributed by atoms with Crippen LogP contribution in [0.25, 0.3) is 0 Å². The Bertz CT molecular complexity index is 1170. The van der Waals surface area contributed by atoms with E-state index in [-0.39, 0.29) is 36.4 Å². The maximum absolute atomic E-state index is 12.7. The van der Waals surface area contributed by atoms with Crippen LogP contribution in [-0.4, -0.2) is 60.0 Å². The summed E-state index contributed by atoms with van der Waals surface area (Å²) >= 11 is 3.21. The topological polar surface area (TPSA) is 102 Å². The summed E-state index contributed by atoms with van der Waals surface area (Å²) in [5.41, 5.74) is 1.04. The number of ether oxygens (including phenoxy) is 1. The highest BCUT2D eigenvalue weighted by Crippen LogP contribution is 2.30. The van der Waals surface area contributed by atoms with Crippen molar-refractivity contribution in [1.82, 2.24) is 15.2 Å². The second-order valence-electron chi connectivity index (χ2n) is 8.77. The van der Waals surface area contributed by atoms with Gasteiger partial charge in [-0.1, -0.05) is 0 Å². The number of nitrogens with zero attached hydrogens (tertiary/aromatic N) is 2. The second kappa shape index (κ2) is 13.4. The predicted molar refractivity (Wildman–Crippen MR) is 144 cm³/mol. The van der Waals surface area contributed by atoms with Gasteiger partial charge < -0.3 is 19.4 Å². The van der Waals surface area contributed by atoms with E-state index in [1.807, 2.05) is 22.4 Å². The molecule has 1 aliphatic heterocycles. The third-order valence-corrected chi connectivity index (χ3v) is 8.27. The number of Topliss-reactive ketones (excluding diaryl/α,β-unsaturated/α-hetero) is 1. The molecule has 0 unspecified atom stereocenters. The fraction of sp³-hybridized carbons (Fsp3) is 0.407. The highest BCUT2D eigenvalue weighted by molar-refractivity contribution is 7.98. The summed E-state index contributed by atoms with van der Waals surface area (Å²) in [5.74, 6) is 3.23. The van der Waals surface area contributed by atoms with Gasteiger partial charge >= 0.3 is 0 Å². The van der Waals surface area contributed by atoms with Gasteiger partial charge in [0.15, 0.2) is 5.78 Å². The van der Waals surface area contributed by atoms with Crippen molar-refractivity contribution in [3.63, 3.8) is 0 Å². The minimum absolute atomic E-state index is 0.00411. The number of carbonyl (C=O) groups excluding carboxylic acids is 3. The molecule has 4 rings (SSSR count). The van der Waals surface area contributed by atoms with E-state index >= 15 is 0 Å². The monoisotopic (exact) mass is 541 g/mol. The number of amides is 2. The molecule has 196 valence electrons. The molecule has 37 heavy (non-hydrogen) atoms. The molecule has 1 saturated heterocycles. The van der Waals surface area contributed by atoms with E-state index in [0.717, 1.165) is 35.1 Å². The summed E-state index contributed by atoms with van der Waals surface area (Å²) in [7, 11) is 1.58. The Hall–Kier alpha value is -3.11. The number of carbonyl (C=O) groups is 3. The van der Waals surface area contributed by atoms with Crippen molar-refractivity contribution >= 4 is 40.7 Å². The van der Waals surface area contributed by atoms with E-state index in [0.29, 0.717) is 36.6 Å². The number of ketones is 1. The van der Waals surface area contributed by atoms with E-state index in [1.165, 1.54) is 11.3 Å². The third-order valence-electron chi connectivity index (χ3n) is 6.29. The highest BCUT2D eigenvalue weighted by atomic mass is 32.2. The number of thiazole rings is 1. The minimum atomic E-state index is -0.157. The molecular weight excluding hydrogens is 510 g/mol. The van der Waals surface area contributed by atoms with Crippen LogP contribution in [0.15, 0.2) is 52.5 Å². The van der Waals surface area contributed by atoms with Gasteiger partial charge in [0.2, 0.25) is 5.91 Å². The van der Waals surface area contributed by atoms with Crippen molar-refractivity contribution in [2.24, 2.45) is 0 Å². The quantitative estimate of drug-likeness (QED) is 0.260. The Morgan fingerprint density at radius 1 is 1.16 bits per heavy atom. The van der Waals surface area contributed by atoms with Crippen molar-refractivity contribution in [2.45, 2.75) is 37.4 Å². The Balaban J connectivity index is 1.15. The van der Waals surface area contributed by atoms with Gasteiger partial charge in [0.1, 0.15) is 17.2 Å². The molecule has 10 heteroatoms. The van der Waals surface area contributed by atoms with Crippen molar-refractivity contribution in [2.75, 3.05) is 32.5 Å². The molecule has 0 bridgehead atoms. The second-order valence-corrected chi connectivity index (χ2v) is 10.8. The van der Waals surface area contributed by atoms with Gasteiger partial charge in [-0.25, -0.2) is 4.98 Å². The number of thioether (sulfide) groups is 1. The molecule has 1 aliphatic rings. The normalized spacial score (nSPS) is 13.9. The molecule has 0 aliphatic carbocycles. The van der Waals surface area contributed by atoms with Gasteiger partial charge in [0, 0.05) is 55.1 Å². The molecule has 2 amide bonds. The average molecular weight is 542 g/mol. The first-order valence-electron chi connectivity index (χ1n) is 12.3. The standard InChI is InChI=1S/C27H31N3O5S2/c1-34-21-6-4-19(5-7-21)24(31)8-9-25(32)30-13-10-20(11-14-30)27-29-23(18-37-27)26(33)28-12-16-36-17-22-3-2-15-35-22/h2-7,15,18,20H,8-14,16-17H2,1H3,(H,28,33). The first-order valence-corrected chi connectivity index (χ1v) is 14.4. The lowest BCUT2D eigenvalue weighted by Gasteiger charge is -2.31. The number of aromatic nitrogens is 1. The van der Waals surface area contributed by atoms with E-state index in [9.17, 15) is 14.4 Å². The fourth-order valence-corrected chi connectivity index (χ4v) is 5.88. The van der Waals surface area contributed by atoms with Gasteiger partial charge in [-0.3, -0.25) is 14.4 Å². The molecule has 0 radical (unpaired) electrons.